The van der Waals surface area contributed by atoms with E-state index in [2.05, 4.69) is 6.92 Å². The van der Waals surface area contributed by atoms with Gasteiger partial charge in [-0.1, -0.05) is 18.5 Å². The molecule has 5 heteroatoms. The quantitative estimate of drug-likeness (QED) is 0.798. The lowest BCUT2D eigenvalue weighted by Gasteiger charge is -2.31. The van der Waals surface area contributed by atoms with Gasteiger partial charge in [0, 0.05) is 34.8 Å². The van der Waals surface area contributed by atoms with Crippen molar-refractivity contribution in [2.75, 3.05) is 24.6 Å². The summed E-state index contributed by atoms with van der Waals surface area (Å²) in [6.07, 6.45) is 0. The molecule has 1 heterocycles. The third-order valence-electron chi connectivity index (χ3n) is 2.77. The van der Waals surface area contributed by atoms with Crippen molar-refractivity contribution in [3.63, 3.8) is 0 Å². The first-order valence-corrected chi connectivity index (χ1v) is 6.96. The van der Waals surface area contributed by atoms with Crippen LogP contribution in [0.3, 0.4) is 0 Å². The van der Waals surface area contributed by atoms with E-state index in [1.807, 2.05) is 16.7 Å². The molecule has 1 aliphatic heterocycles. The van der Waals surface area contributed by atoms with Crippen LogP contribution < -0.4 is 5.73 Å². The highest BCUT2D eigenvalue weighted by molar-refractivity contribution is 7.99. The van der Waals surface area contributed by atoms with Crippen molar-refractivity contribution in [2.24, 2.45) is 0 Å². The van der Waals surface area contributed by atoms with Gasteiger partial charge in [-0.15, -0.1) is 0 Å². The van der Waals surface area contributed by atoms with Crippen LogP contribution in [-0.4, -0.2) is 34.9 Å². The zero-order valence-corrected chi connectivity index (χ0v) is 11.2. The molecule has 1 aliphatic rings. The fourth-order valence-electron chi connectivity index (χ4n) is 1.89. The molecule has 1 aromatic carbocycles. The minimum atomic E-state index is -0.0165. The maximum absolute atomic E-state index is 12.3. The summed E-state index contributed by atoms with van der Waals surface area (Å²) in [6.45, 7) is 3.68. The number of carbonyl (C=O) groups excluding carboxylic acids is 1. The highest BCUT2D eigenvalue weighted by Crippen LogP contribution is 2.23. The zero-order valence-electron chi connectivity index (χ0n) is 9.65. The number of nitrogen functional groups attached to an aromatic ring is 1. The standard InChI is InChI=1S/C12H15ClN2OS/c1-8-7-15(4-5-17-8)12(16)10-6-9(13)2-3-11(10)14/h2-3,6,8H,4-5,7,14H2,1H3. The number of nitrogens with zero attached hydrogens (tertiary/aromatic N) is 1. The Morgan fingerprint density at radius 3 is 3.06 bits per heavy atom. The van der Waals surface area contributed by atoms with Gasteiger partial charge in [0.1, 0.15) is 0 Å². The lowest BCUT2D eigenvalue weighted by Crippen LogP contribution is -2.41. The highest BCUT2D eigenvalue weighted by Gasteiger charge is 2.23. The molecule has 0 bridgehead atoms. The first-order chi connectivity index (χ1) is 8.08. The molecular weight excluding hydrogens is 256 g/mol. The smallest absolute Gasteiger partial charge is 0.256 e. The van der Waals surface area contributed by atoms with Gasteiger partial charge in [0.2, 0.25) is 0 Å². The van der Waals surface area contributed by atoms with E-state index in [-0.39, 0.29) is 5.91 Å². The van der Waals surface area contributed by atoms with Gasteiger partial charge in [-0.05, 0) is 18.2 Å². The Hall–Kier alpha value is -0.870. The number of benzene rings is 1. The Balaban J connectivity index is 2.21. The topological polar surface area (TPSA) is 46.3 Å². The molecule has 0 aromatic heterocycles. The van der Waals surface area contributed by atoms with Gasteiger partial charge in [-0.25, -0.2) is 0 Å². The second-order valence-electron chi connectivity index (χ2n) is 4.16. The second kappa shape index (κ2) is 5.19. The second-order valence-corrected chi connectivity index (χ2v) is 6.15. The Labute approximate surface area is 110 Å². The number of nitrogens with two attached hydrogens (primary N) is 1. The molecule has 1 aromatic rings. The van der Waals surface area contributed by atoms with Crippen LogP contribution >= 0.6 is 23.4 Å². The highest BCUT2D eigenvalue weighted by atomic mass is 35.5. The molecule has 1 amide bonds. The number of amides is 1. The average Bonchev–Trinajstić information content (AvgIpc) is 2.31. The van der Waals surface area contributed by atoms with Crippen molar-refractivity contribution in [1.29, 1.82) is 0 Å². The van der Waals surface area contributed by atoms with Crippen molar-refractivity contribution in [2.45, 2.75) is 12.2 Å². The number of thioether (sulfide) groups is 1. The van der Waals surface area contributed by atoms with Crippen molar-refractivity contribution >= 4 is 35.0 Å². The minimum absolute atomic E-state index is 0.0165. The van der Waals surface area contributed by atoms with E-state index in [1.54, 1.807) is 18.2 Å². The predicted octanol–water partition coefficient (Wildman–Crippen LogP) is 2.50. The van der Waals surface area contributed by atoms with E-state index in [9.17, 15) is 4.79 Å². The largest absolute Gasteiger partial charge is 0.398 e. The third-order valence-corrected chi connectivity index (χ3v) is 4.15. The van der Waals surface area contributed by atoms with Crippen LogP contribution in [0.4, 0.5) is 5.69 Å². The summed E-state index contributed by atoms with van der Waals surface area (Å²) in [5.41, 5.74) is 6.82. The summed E-state index contributed by atoms with van der Waals surface area (Å²) in [4.78, 5) is 14.1. The molecule has 0 saturated carbocycles. The molecular formula is C12H15ClN2OS. The van der Waals surface area contributed by atoms with E-state index >= 15 is 0 Å². The number of anilines is 1. The number of rotatable bonds is 1. The normalized spacial score (nSPS) is 20.4. The van der Waals surface area contributed by atoms with Crippen molar-refractivity contribution in [1.82, 2.24) is 4.90 Å². The van der Waals surface area contributed by atoms with Crippen LogP contribution in [0.5, 0.6) is 0 Å². The summed E-state index contributed by atoms with van der Waals surface area (Å²) in [7, 11) is 0. The maximum Gasteiger partial charge on any atom is 0.256 e. The van der Waals surface area contributed by atoms with Crippen molar-refractivity contribution < 1.29 is 4.79 Å². The summed E-state index contributed by atoms with van der Waals surface area (Å²) >= 11 is 7.79. The first-order valence-electron chi connectivity index (χ1n) is 5.54. The van der Waals surface area contributed by atoms with Crippen LogP contribution in [0, 0.1) is 0 Å². The molecule has 17 heavy (non-hydrogen) atoms. The molecule has 0 spiro atoms. The number of hydrogen-bond donors (Lipinski definition) is 1. The van der Waals surface area contributed by atoms with E-state index in [4.69, 9.17) is 17.3 Å². The number of halogens is 1. The Bertz CT molecular complexity index is 439. The molecule has 1 unspecified atom stereocenters. The van der Waals surface area contributed by atoms with Crippen molar-refractivity contribution in [3.8, 4) is 0 Å². The predicted molar refractivity (Wildman–Crippen MR) is 73.7 cm³/mol. The lowest BCUT2D eigenvalue weighted by molar-refractivity contribution is 0.0764. The van der Waals surface area contributed by atoms with Gasteiger partial charge in [-0.2, -0.15) is 11.8 Å². The van der Waals surface area contributed by atoms with E-state index < -0.39 is 0 Å². The van der Waals surface area contributed by atoms with Crippen LogP contribution in [0.2, 0.25) is 5.02 Å². The molecule has 1 fully saturated rings. The first kappa shape index (κ1) is 12.6. The van der Waals surface area contributed by atoms with Gasteiger partial charge >= 0.3 is 0 Å². The lowest BCUT2D eigenvalue weighted by atomic mass is 10.1. The zero-order chi connectivity index (χ0) is 12.4. The third kappa shape index (κ3) is 2.87. The van der Waals surface area contributed by atoms with Crippen LogP contribution in [0.15, 0.2) is 18.2 Å². The number of carbonyl (C=O) groups is 1. The van der Waals surface area contributed by atoms with E-state index in [0.29, 0.717) is 21.5 Å². The van der Waals surface area contributed by atoms with Crippen LogP contribution in [-0.2, 0) is 0 Å². The van der Waals surface area contributed by atoms with Gasteiger partial charge in [-0.3, -0.25) is 4.79 Å². The van der Waals surface area contributed by atoms with Crippen LogP contribution in [0.25, 0.3) is 0 Å². The Kier molecular flexibility index (Phi) is 3.84. The molecule has 0 aliphatic carbocycles. The fraction of sp³-hybridized carbons (Fsp3) is 0.417. The summed E-state index contributed by atoms with van der Waals surface area (Å²) in [5, 5.41) is 1.02. The molecule has 0 radical (unpaired) electrons. The minimum Gasteiger partial charge on any atom is -0.398 e. The average molecular weight is 271 g/mol. The van der Waals surface area contributed by atoms with Gasteiger partial charge in [0.05, 0.1) is 5.56 Å². The number of hydrogen-bond acceptors (Lipinski definition) is 3. The molecule has 1 atom stereocenters. The van der Waals surface area contributed by atoms with E-state index in [1.165, 1.54) is 0 Å². The van der Waals surface area contributed by atoms with Crippen molar-refractivity contribution in [3.05, 3.63) is 28.8 Å². The Morgan fingerprint density at radius 2 is 2.35 bits per heavy atom. The van der Waals surface area contributed by atoms with Crippen LogP contribution in [0.1, 0.15) is 17.3 Å². The van der Waals surface area contributed by atoms with Gasteiger partial charge in [0.15, 0.2) is 0 Å². The summed E-state index contributed by atoms with van der Waals surface area (Å²) in [6, 6.07) is 5.02. The molecule has 2 N–H and O–H groups in total. The summed E-state index contributed by atoms with van der Waals surface area (Å²) in [5.74, 6) is 0.963. The molecule has 2 rings (SSSR count). The SMILES string of the molecule is CC1CN(C(=O)c2cc(Cl)ccc2N)CCS1. The maximum atomic E-state index is 12.3. The van der Waals surface area contributed by atoms with E-state index in [0.717, 1.165) is 18.8 Å². The van der Waals surface area contributed by atoms with Gasteiger partial charge in [0.25, 0.3) is 5.91 Å². The molecule has 1 saturated heterocycles. The monoisotopic (exact) mass is 270 g/mol. The molecule has 92 valence electrons. The van der Waals surface area contributed by atoms with Gasteiger partial charge < -0.3 is 10.6 Å². The summed E-state index contributed by atoms with van der Waals surface area (Å²) < 4.78 is 0. The fourth-order valence-corrected chi connectivity index (χ4v) is 3.07. The Morgan fingerprint density at radius 1 is 1.59 bits per heavy atom. The molecule has 3 nitrogen and oxygen atoms in total.